The van der Waals surface area contributed by atoms with Crippen LogP contribution in [0.3, 0.4) is 0 Å². The zero-order valence-corrected chi connectivity index (χ0v) is 11.5. The summed E-state index contributed by atoms with van der Waals surface area (Å²) in [4.78, 5) is 0. The topological polar surface area (TPSA) is 47.7 Å². The van der Waals surface area contributed by atoms with E-state index in [4.69, 9.17) is 15.2 Å². The maximum atomic E-state index is 5.48. The lowest BCUT2D eigenvalue weighted by Crippen LogP contribution is -2.16. The van der Waals surface area contributed by atoms with Crippen molar-refractivity contribution in [1.29, 1.82) is 0 Å². The van der Waals surface area contributed by atoms with E-state index in [2.05, 4.69) is 30.4 Å². The molecule has 2 atom stereocenters. The Morgan fingerprint density at radius 3 is 2.07 bits per heavy atom. The van der Waals surface area contributed by atoms with E-state index in [1.807, 2.05) is 0 Å². The lowest BCUT2D eigenvalue weighted by atomic mass is 10.7. The van der Waals surface area contributed by atoms with Crippen LogP contribution in [0.1, 0.15) is 0 Å². The van der Waals surface area contributed by atoms with Crippen molar-refractivity contribution in [3.05, 3.63) is 0 Å². The van der Waals surface area contributed by atoms with Gasteiger partial charge in [0.1, 0.15) is 13.3 Å². The van der Waals surface area contributed by atoms with Crippen molar-refractivity contribution in [3.8, 4) is 0 Å². The molecule has 0 saturated heterocycles. The molecule has 0 aliphatic carbocycles. The Balaban J connectivity index is 3.55. The molecule has 2 N–H and O–H groups in total. The third-order valence-corrected chi connectivity index (χ3v) is 5.27. The Morgan fingerprint density at radius 1 is 1.07 bits per heavy atom. The Hall–Kier alpha value is 0.180. The Bertz CT molecular complexity index is 198. The maximum Gasteiger partial charge on any atom is 0.221 e. The SMILES string of the molecule is C=[P+](C)N(COCCOCCN)[P+](=C)C. The molecule has 0 aromatic carbocycles. The van der Waals surface area contributed by atoms with Crippen LogP contribution >= 0.6 is 15.4 Å². The van der Waals surface area contributed by atoms with Gasteiger partial charge in [-0.25, -0.2) is 0 Å². The van der Waals surface area contributed by atoms with Gasteiger partial charge in [0, 0.05) is 6.54 Å². The first kappa shape index (κ1) is 15.2. The Labute approximate surface area is 94.6 Å². The normalized spacial score (nSPS) is 13.1. The fourth-order valence-corrected chi connectivity index (χ4v) is 3.55. The molecule has 0 fully saturated rings. The van der Waals surface area contributed by atoms with Crippen molar-refractivity contribution >= 4 is 28.0 Å². The number of nitrogens with two attached hydrogens (primary N) is 1. The van der Waals surface area contributed by atoms with Gasteiger partial charge in [-0.05, 0) is 0 Å². The van der Waals surface area contributed by atoms with Crippen LogP contribution in [0.15, 0.2) is 0 Å². The predicted molar refractivity (Wildman–Crippen MR) is 72.5 cm³/mol. The summed E-state index contributed by atoms with van der Waals surface area (Å²) in [5.74, 6) is 0. The highest BCUT2D eigenvalue weighted by Gasteiger charge is 2.24. The molecule has 0 spiro atoms. The predicted octanol–water partition coefficient (Wildman–Crippen LogP) is 1.16. The first-order valence-corrected chi connectivity index (χ1v) is 8.66. The van der Waals surface area contributed by atoms with Gasteiger partial charge < -0.3 is 15.2 Å². The van der Waals surface area contributed by atoms with E-state index < -0.39 is 0 Å². The Morgan fingerprint density at radius 2 is 1.60 bits per heavy atom. The van der Waals surface area contributed by atoms with Gasteiger partial charge in [-0.3, -0.25) is 0 Å². The molecule has 0 aliphatic heterocycles. The third kappa shape index (κ3) is 8.04. The van der Waals surface area contributed by atoms with Crippen LogP contribution in [0, 0.1) is 0 Å². The van der Waals surface area contributed by atoms with Crippen LogP contribution in [0.25, 0.3) is 0 Å². The molecule has 88 valence electrons. The molecule has 2 unspecified atom stereocenters. The monoisotopic (exact) mass is 252 g/mol. The quantitative estimate of drug-likeness (QED) is 0.380. The van der Waals surface area contributed by atoms with Gasteiger partial charge in [-0.1, -0.05) is 0 Å². The van der Waals surface area contributed by atoms with Crippen LogP contribution in [-0.4, -0.2) is 63.5 Å². The summed E-state index contributed by atoms with van der Waals surface area (Å²) in [6.45, 7) is 7.17. The first-order chi connectivity index (χ1) is 7.09. The number of ether oxygens (including phenoxy) is 2. The van der Waals surface area contributed by atoms with Crippen molar-refractivity contribution in [2.75, 3.05) is 46.4 Å². The second-order valence-corrected chi connectivity index (χ2v) is 7.04. The smallest absolute Gasteiger partial charge is 0.221 e. The number of nitrogens with zero attached hydrogens (tertiary/aromatic N) is 1. The zero-order valence-electron chi connectivity index (χ0n) is 9.69. The minimum Gasteiger partial charge on any atom is -0.378 e. The van der Waals surface area contributed by atoms with E-state index in [0.29, 0.717) is 33.1 Å². The highest BCUT2D eigenvalue weighted by molar-refractivity contribution is 7.67. The molecule has 0 rings (SSSR count). The zero-order chi connectivity index (χ0) is 11.7. The van der Waals surface area contributed by atoms with Crippen molar-refractivity contribution in [2.45, 2.75) is 0 Å². The van der Waals surface area contributed by atoms with Gasteiger partial charge in [0.05, 0.1) is 36.9 Å². The van der Waals surface area contributed by atoms with Gasteiger partial charge in [0.25, 0.3) is 0 Å². The largest absolute Gasteiger partial charge is 0.378 e. The maximum absolute atomic E-state index is 5.48. The van der Waals surface area contributed by atoms with Crippen LogP contribution in [0.4, 0.5) is 0 Å². The number of hydrogen-bond donors (Lipinski definition) is 1. The number of hydrogen-bond acceptors (Lipinski definition) is 4. The van der Waals surface area contributed by atoms with Crippen LogP contribution in [0.2, 0.25) is 0 Å². The fourth-order valence-electron chi connectivity index (χ4n) is 0.907. The van der Waals surface area contributed by atoms with E-state index in [1.165, 1.54) is 0 Å². The van der Waals surface area contributed by atoms with Crippen molar-refractivity contribution < 1.29 is 9.47 Å². The molecule has 0 saturated carbocycles. The molecule has 4 nitrogen and oxygen atoms in total. The molecule has 6 heteroatoms. The van der Waals surface area contributed by atoms with Crippen LogP contribution < -0.4 is 5.73 Å². The molecule has 0 aromatic rings. The summed E-state index contributed by atoms with van der Waals surface area (Å²) in [5.41, 5.74) is 5.29. The summed E-state index contributed by atoms with van der Waals surface area (Å²) in [5, 5.41) is 0. The second kappa shape index (κ2) is 9.41. The molecule has 0 aliphatic rings. The van der Waals surface area contributed by atoms with E-state index >= 15 is 0 Å². The average molecular weight is 252 g/mol. The van der Waals surface area contributed by atoms with Gasteiger partial charge in [-0.15, -0.1) is 0 Å². The van der Waals surface area contributed by atoms with Gasteiger partial charge in [0.2, 0.25) is 15.4 Å². The molecular weight excluding hydrogens is 230 g/mol. The molecular formula is C9H22N2O2P2+2. The van der Waals surface area contributed by atoms with Gasteiger partial charge in [-0.2, -0.15) is 0 Å². The summed E-state index contributed by atoms with van der Waals surface area (Å²) in [7, 11) is -0.734. The molecule has 0 aromatic heterocycles. The summed E-state index contributed by atoms with van der Waals surface area (Å²) < 4.78 is 12.9. The molecule has 15 heavy (non-hydrogen) atoms. The molecule has 0 bridgehead atoms. The first-order valence-electron chi connectivity index (χ1n) is 4.81. The van der Waals surface area contributed by atoms with Crippen molar-refractivity contribution in [1.82, 2.24) is 4.44 Å². The highest BCUT2D eigenvalue weighted by atomic mass is 31.2. The van der Waals surface area contributed by atoms with Gasteiger partial charge in [0.15, 0.2) is 6.73 Å². The third-order valence-electron chi connectivity index (χ3n) is 1.63. The Kier molecular flexibility index (Phi) is 9.52. The highest BCUT2D eigenvalue weighted by Crippen LogP contribution is 2.36. The minimum atomic E-state index is -0.367. The molecule has 0 heterocycles. The minimum absolute atomic E-state index is 0.367. The van der Waals surface area contributed by atoms with E-state index in [9.17, 15) is 0 Å². The van der Waals surface area contributed by atoms with Crippen molar-refractivity contribution in [3.63, 3.8) is 0 Å². The second-order valence-electron chi connectivity index (χ2n) is 3.13. The van der Waals surface area contributed by atoms with E-state index in [-0.39, 0.29) is 15.4 Å². The lowest BCUT2D eigenvalue weighted by molar-refractivity contribution is 0.0371. The van der Waals surface area contributed by atoms with E-state index in [0.717, 1.165) is 0 Å². The van der Waals surface area contributed by atoms with Crippen molar-refractivity contribution in [2.24, 2.45) is 5.73 Å². The summed E-state index contributed by atoms with van der Waals surface area (Å²) >= 11 is 0. The standard InChI is InChI=1S/C9H22N2O2P2/c1-14(2)11(15(3)4)9-13-8-7-12-6-5-10/h1,3,5-10H2,2,4H3/q+2. The fraction of sp³-hybridized carbons (Fsp3) is 0.778. The van der Waals surface area contributed by atoms with Crippen LogP contribution in [-0.2, 0) is 9.47 Å². The van der Waals surface area contributed by atoms with Gasteiger partial charge >= 0.3 is 0 Å². The van der Waals surface area contributed by atoms with Crippen LogP contribution in [0.5, 0.6) is 0 Å². The summed E-state index contributed by atoms with van der Waals surface area (Å²) in [6.07, 6.45) is 8.06. The molecule has 0 amide bonds. The number of rotatable bonds is 9. The lowest BCUT2D eigenvalue weighted by Gasteiger charge is -2.06. The van der Waals surface area contributed by atoms with E-state index in [1.54, 1.807) is 0 Å². The average Bonchev–Trinajstić information content (AvgIpc) is 2.15. The summed E-state index contributed by atoms with van der Waals surface area (Å²) in [6, 6.07) is 0. The molecule has 0 radical (unpaired) electrons.